The summed E-state index contributed by atoms with van der Waals surface area (Å²) in [5.74, 6) is 0. The van der Waals surface area contributed by atoms with Crippen LogP contribution in [0.1, 0.15) is 76.6 Å². The molecule has 12 rings (SSSR count). The smallest absolute Gasteiger partial charge is 0.198 e. The zero-order chi connectivity index (χ0) is 39.3. The Morgan fingerprint density at radius 3 is 2.02 bits per heavy atom. The van der Waals surface area contributed by atoms with E-state index in [1.165, 1.54) is 51.0 Å². The van der Waals surface area contributed by atoms with Gasteiger partial charge in [-0.1, -0.05) is 126 Å². The Labute approximate surface area is 339 Å². The number of hydrogen-bond donors (Lipinski definition) is 1. The molecule has 0 atom stereocenters. The highest BCUT2D eigenvalue weighted by Gasteiger charge is 2.43. The van der Waals surface area contributed by atoms with Gasteiger partial charge in [0, 0.05) is 43.9 Å². The SMILES string of the molecule is CC1(C)CCC(C)(C)c2cc(Nc3ccc4c(oc5ccccc54)c3-c3cc4c(oc5ccccc54)c4c3Bc3cccc5c3N4c3ccccc3C5(C)C)ccc21. The van der Waals surface area contributed by atoms with Crippen LogP contribution in [0.15, 0.2) is 136 Å². The van der Waals surface area contributed by atoms with Gasteiger partial charge in [0.2, 0.25) is 0 Å². The van der Waals surface area contributed by atoms with Crippen LogP contribution in [0.4, 0.5) is 28.4 Å². The van der Waals surface area contributed by atoms with Gasteiger partial charge in [0.15, 0.2) is 12.9 Å². The van der Waals surface area contributed by atoms with E-state index in [1.54, 1.807) is 0 Å². The second-order valence-corrected chi connectivity index (χ2v) is 18.8. The van der Waals surface area contributed by atoms with E-state index >= 15 is 0 Å². The molecule has 9 aromatic rings. The molecule has 58 heavy (non-hydrogen) atoms. The molecule has 4 nitrogen and oxygen atoms in total. The quantitative estimate of drug-likeness (QED) is 0.183. The highest BCUT2D eigenvalue weighted by molar-refractivity contribution is 6.74. The highest BCUT2D eigenvalue weighted by Crippen LogP contribution is 2.55. The normalized spacial score (nSPS) is 16.8. The Hall–Kier alpha value is -6.20. The van der Waals surface area contributed by atoms with Crippen LogP contribution in [0.3, 0.4) is 0 Å². The molecule has 3 aliphatic rings. The van der Waals surface area contributed by atoms with Gasteiger partial charge in [-0.25, -0.2) is 0 Å². The number of hydrogen-bond acceptors (Lipinski definition) is 4. The van der Waals surface area contributed by atoms with E-state index in [2.05, 4.69) is 179 Å². The number of para-hydroxylation sites is 4. The molecule has 1 aliphatic carbocycles. The van der Waals surface area contributed by atoms with Gasteiger partial charge in [0.1, 0.15) is 16.7 Å². The van der Waals surface area contributed by atoms with Gasteiger partial charge in [0.05, 0.1) is 17.1 Å². The van der Waals surface area contributed by atoms with E-state index < -0.39 is 0 Å². The lowest BCUT2D eigenvalue weighted by atomic mass is 9.55. The van der Waals surface area contributed by atoms with Crippen LogP contribution >= 0.6 is 0 Å². The van der Waals surface area contributed by atoms with E-state index in [9.17, 15) is 0 Å². The van der Waals surface area contributed by atoms with Crippen molar-refractivity contribution >= 4 is 90.5 Å². The Morgan fingerprint density at radius 2 is 1.22 bits per heavy atom. The molecule has 2 aromatic heterocycles. The molecule has 0 spiro atoms. The van der Waals surface area contributed by atoms with Gasteiger partial charge >= 0.3 is 0 Å². The number of anilines is 5. The fraction of sp³-hybridized carbons (Fsp3) is 0.208. The van der Waals surface area contributed by atoms with Crippen molar-refractivity contribution in [1.29, 1.82) is 0 Å². The minimum absolute atomic E-state index is 0.0893. The topological polar surface area (TPSA) is 41.6 Å². The lowest BCUT2D eigenvalue weighted by Gasteiger charge is -2.45. The highest BCUT2D eigenvalue weighted by atomic mass is 16.3. The summed E-state index contributed by atoms with van der Waals surface area (Å²) in [4.78, 5) is 2.53. The van der Waals surface area contributed by atoms with Crippen molar-refractivity contribution in [3.05, 3.63) is 150 Å². The molecule has 2 aliphatic heterocycles. The van der Waals surface area contributed by atoms with Crippen molar-refractivity contribution in [2.45, 2.75) is 70.6 Å². The molecule has 0 amide bonds. The summed E-state index contributed by atoms with van der Waals surface area (Å²) in [6.07, 6.45) is 2.35. The van der Waals surface area contributed by atoms with E-state index in [-0.39, 0.29) is 16.2 Å². The van der Waals surface area contributed by atoms with Crippen LogP contribution in [0.2, 0.25) is 0 Å². The van der Waals surface area contributed by atoms with Crippen LogP contribution in [-0.2, 0) is 16.2 Å². The molecule has 4 heterocycles. The molecule has 1 N–H and O–H groups in total. The first-order chi connectivity index (χ1) is 28.0. The minimum Gasteiger partial charge on any atom is -0.455 e. The number of rotatable bonds is 3. The summed E-state index contributed by atoms with van der Waals surface area (Å²) in [6.45, 7) is 14.3. The number of furan rings is 2. The lowest BCUT2D eigenvalue weighted by molar-refractivity contribution is 0.332. The molecular weight excluding hydrogens is 707 g/mol. The fourth-order valence-corrected chi connectivity index (χ4v) is 10.9. The molecule has 0 bridgehead atoms. The Kier molecular flexibility index (Phi) is 6.71. The lowest BCUT2D eigenvalue weighted by Crippen LogP contribution is -2.45. The van der Waals surface area contributed by atoms with E-state index in [0.717, 1.165) is 85.8 Å². The third-order valence-corrected chi connectivity index (χ3v) is 14.1. The molecule has 0 unspecified atom stereocenters. The molecule has 0 radical (unpaired) electrons. The van der Waals surface area contributed by atoms with Gasteiger partial charge in [-0.15, -0.1) is 0 Å². The molecule has 7 aromatic carbocycles. The summed E-state index contributed by atoms with van der Waals surface area (Å²) in [6, 6.07) is 46.7. The van der Waals surface area contributed by atoms with Crippen molar-refractivity contribution in [2.24, 2.45) is 0 Å². The maximum Gasteiger partial charge on any atom is 0.198 e. The molecule has 0 saturated heterocycles. The fourth-order valence-electron chi connectivity index (χ4n) is 10.9. The zero-order valence-corrected chi connectivity index (χ0v) is 34.0. The summed E-state index contributed by atoms with van der Waals surface area (Å²) in [5, 5.41) is 8.44. The summed E-state index contributed by atoms with van der Waals surface area (Å²) in [7, 11) is 0.758. The van der Waals surface area contributed by atoms with Gasteiger partial charge in [-0.3, -0.25) is 0 Å². The van der Waals surface area contributed by atoms with E-state index in [0.29, 0.717) is 0 Å². The average Bonchev–Trinajstić information content (AvgIpc) is 3.79. The van der Waals surface area contributed by atoms with Gasteiger partial charge < -0.3 is 19.1 Å². The Balaban J connectivity index is 1.19. The minimum atomic E-state index is -0.170. The Morgan fingerprint density at radius 1 is 0.552 bits per heavy atom. The van der Waals surface area contributed by atoms with Crippen molar-refractivity contribution < 1.29 is 8.83 Å². The molecule has 5 heteroatoms. The van der Waals surface area contributed by atoms with Gasteiger partial charge in [-0.2, -0.15) is 0 Å². The van der Waals surface area contributed by atoms with E-state index in [1.807, 2.05) is 0 Å². The molecule has 0 saturated carbocycles. The number of fused-ring (bicyclic) bond motifs is 12. The first-order valence-electron chi connectivity index (χ1n) is 20.9. The van der Waals surface area contributed by atoms with Crippen LogP contribution in [-0.4, -0.2) is 7.28 Å². The third kappa shape index (κ3) is 4.53. The summed E-state index contributed by atoms with van der Waals surface area (Å²) in [5.41, 5.74) is 19.6. The largest absolute Gasteiger partial charge is 0.455 e. The van der Waals surface area contributed by atoms with Crippen molar-refractivity contribution in [1.82, 2.24) is 0 Å². The maximum absolute atomic E-state index is 7.00. The second kappa shape index (κ2) is 11.5. The third-order valence-electron chi connectivity index (χ3n) is 14.1. The van der Waals surface area contributed by atoms with Gasteiger partial charge in [0.25, 0.3) is 0 Å². The van der Waals surface area contributed by atoms with Crippen LogP contribution in [0.5, 0.6) is 0 Å². The van der Waals surface area contributed by atoms with Crippen molar-refractivity contribution in [2.75, 3.05) is 10.2 Å². The number of benzene rings is 7. The van der Waals surface area contributed by atoms with Crippen molar-refractivity contribution in [3.63, 3.8) is 0 Å². The van der Waals surface area contributed by atoms with E-state index in [4.69, 9.17) is 8.83 Å². The predicted octanol–water partition coefficient (Wildman–Crippen LogP) is 13.1. The molecule has 0 fully saturated rings. The van der Waals surface area contributed by atoms with Gasteiger partial charge in [-0.05, 0) is 105 Å². The monoisotopic (exact) mass is 752 g/mol. The maximum atomic E-state index is 7.00. The Bertz CT molecular complexity index is 3230. The summed E-state index contributed by atoms with van der Waals surface area (Å²) >= 11 is 0. The number of nitrogens with one attached hydrogen (secondary N) is 1. The first-order valence-corrected chi connectivity index (χ1v) is 20.9. The summed E-state index contributed by atoms with van der Waals surface area (Å²) < 4.78 is 14.0. The second-order valence-electron chi connectivity index (χ2n) is 18.8. The predicted molar refractivity (Wildman–Crippen MR) is 245 cm³/mol. The van der Waals surface area contributed by atoms with Crippen LogP contribution < -0.4 is 21.1 Å². The standard InChI is InChI=1S/C53H45BN2O2/c1-51(2)26-27-52(3,4)39-28-30(22-24-36(39)51)55-41-25-23-33-31-14-7-11-20-43(31)57-49(33)45(41)35-29-34-32-15-8-12-21-44(32)58-50(34)48-46(35)54-40-18-13-17-38-47(40)56(48)42-19-10-9-16-37(42)53(38,5)6/h7-25,28-29,54-55H,26-27H2,1-6H3. The van der Waals surface area contributed by atoms with Crippen LogP contribution in [0, 0.1) is 0 Å². The number of nitrogens with zero attached hydrogens (tertiary/aromatic N) is 1. The zero-order valence-electron chi connectivity index (χ0n) is 34.0. The molecular formula is C53H45BN2O2. The average molecular weight is 753 g/mol. The van der Waals surface area contributed by atoms with Crippen LogP contribution in [0.25, 0.3) is 55.0 Å². The van der Waals surface area contributed by atoms with Crippen molar-refractivity contribution in [3.8, 4) is 11.1 Å². The molecule has 282 valence electrons. The first kappa shape index (κ1) is 33.9.